The van der Waals surface area contributed by atoms with Crippen LogP contribution in [0.25, 0.3) is 0 Å². The Morgan fingerprint density at radius 3 is 2.59 bits per heavy atom. The molecule has 2 aromatic rings. The third-order valence-corrected chi connectivity index (χ3v) is 4.78. The highest BCUT2D eigenvalue weighted by Gasteiger charge is 2.19. The van der Waals surface area contributed by atoms with Crippen LogP contribution in [-0.4, -0.2) is 33.3 Å². The van der Waals surface area contributed by atoms with Crippen molar-refractivity contribution in [2.75, 3.05) is 13.7 Å². The Bertz CT molecular complexity index is 973. The van der Waals surface area contributed by atoms with Crippen molar-refractivity contribution in [3.05, 3.63) is 57.6 Å². The lowest BCUT2D eigenvalue weighted by Crippen LogP contribution is -2.18. The van der Waals surface area contributed by atoms with Crippen molar-refractivity contribution in [1.82, 2.24) is 4.83 Å². The predicted molar refractivity (Wildman–Crippen MR) is 99.9 cm³/mol. The van der Waals surface area contributed by atoms with Gasteiger partial charge in [-0.25, -0.2) is 4.83 Å². The number of hydrazone groups is 1. The number of nitro benzene ring substituents is 1. The van der Waals surface area contributed by atoms with E-state index in [0.717, 1.165) is 6.07 Å². The molecule has 0 atom stereocenters. The van der Waals surface area contributed by atoms with E-state index in [9.17, 15) is 18.5 Å². The standard InChI is InChI=1S/C17H19N3O6S/c1-4-26-17-9-13(6-8-16(17)25-3)11-18-19-27(23,24)14-7-5-12(2)15(10-14)20(21)22/h5-11,19H,4H2,1-3H3/b18-11+. The summed E-state index contributed by atoms with van der Waals surface area (Å²) in [4.78, 5) is 12.1. The zero-order chi connectivity index (χ0) is 20.0. The highest BCUT2D eigenvalue weighted by molar-refractivity contribution is 7.89. The van der Waals surface area contributed by atoms with Crippen LogP contribution in [0.3, 0.4) is 0 Å². The van der Waals surface area contributed by atoms with Crippen molar-refractivity contribution >= 4 is 21.9 Å². The Morgan fingerprint density at radius 1 is 1.22 bits per heavy atom. The van der Waals surface area contributed by atoms with Crippen LogP contribution in [0.5, 0.6) is 11.5 Å². The number of rotatable bonds is 8. The van der Waals surface area contributed by atoms with E-state index in [1.807, 2.05) is 11.8 Å². The Balaban J connectivity index is 2.21. The highest BCUT2D eigenvalue weighted by Crippen LogP contribution is 2.27. The van der Waals surface area contributed by atoms with Crippen LogP contribution in [0.15, 0.2) is 46.4 Å². The van der Waals surface area contributed by atoms with Gasteiger partial charge in [0.1, 0.15) is 0 Å². The number of nitrogens with one attached hydrogen (secondary N) is 1. The van der Waals surface area contributed by atoms with Gasteiger partial charge in [-0.15, -0.1) is 0 Å². The lowest BCUT2D eigenvalue weighted by molar-refractivity contribution is -0.385. The summed E-state index contributed by atoms with van der Waals surface area (Å²) in [7, 11) is -2.53. The molecule has 144 valence electrons. The fraction of sp³-hybridized carbons (Fsp3) is 0.235. The van der Waals surface area contributed by atoms with Gasteiger partial charge < -0.3 is 9.47 Å². The van der Waals surface area contributed by atoms with Gasteiger partial charge in [0, 0.05) is 11.6 Å². The number of nitro groups is 1. The Morgan fingerprint density at radius 2 is 1.96 bits per heavy atom. The van der Waals surface area contributed by atoms with Crippen LogP contribution in [0.4, 0.5) is 5.69 Å². The molecule has 27 heavy (non-hydrogen) atoms. The number of hydrogen-bond acceptors (Lipinski definition) is 7. The smallest absolute Gasteiger partial charge is 0.276 e. The molecule has 0 saturated heterocycles. The van der Waals surface area contributed by atoms with Gasteiger partial charge >= 0.3 is 0 Å². The second-order valence-corrected chi connectivity index (χ2v) is 7.06. The molecule has 2 rings (SSSR count). The molecule has 0 fully saturated rings. The molecule has 0 aliphatic carbocycles. The van der Waals surface area contributed by atoms with Crippen molar-refractivity contribution in [2.24, 2.45) is 5.10 Å². The number of sulfonamides is 1. The second-order valence-electron chi connectivity index (χ2n) is 5.40. The van der Waals surface area contributed by atoms with E-state index in [4.69, 9.17) is 9.47 Å². The lowest BCUT2D eigenvalue weighted by atomic mass is 10.2. The van der Waals surface area contributed by atoms with Crippen LogP contribution in [0.1, 0.15) is 18.1 Å². The molecule has 0 saturated carbocycles. The van der Waals surface area contributed by atoms with Gasteiger partial charge in [-0.05, 0) is 43.7 Å². The van der Waals surface area contributed by atoms with Crippen LogP contribution in [-0.2, 0) is 10.0 Å². The summed E-state index contributed by atoms with van der Waals surface area (Å²) >= 11 is 0. The van der Waals surface area contributed by atoms with E-state index in [2.05, 4.69) is 5.10 Å². The summed E-state index contributed by atoms with van der Waals surface area (Å²) in [6, 6.07) is 8.64. The third-order valence-electron chi connectivity index (χ3n) is 3.56. The van der Waals surface area contributed by atoms with Gasteiger partial charge in [-0.3, -0.25) is 10.1 Å². The average molecular weight is 393 g/mol. The number of benzene rings is 2. The summed E-state index contributed by atoms with van der Waals surface area (Å²) in [5.41, 5.74) is 0.666. The van der Waals surface area contributed by atoms with Gasteiger partial charge in [-0.2, -0.15) is 13.5 Å². The molecule has 0 radical (unpaired) electrons. The number of methoxy groups -OCH3 is 1. The van der Waals surface area contributed by atoms with Gasteiger partial charge in [0.25, 0.3) is 15.7 Å². The normalized spacial score (nSPS) is 11.4. The van der Waals surface area contributed by atoms with E-state index in [0.29, 0.717) is 29.2 Å². The fourth-order valence-corrected chi connectivity index (χ4v) is 3.03. The van der Waals surface area contributed by atoms with Crippen LogP contribution < -0.4 is 14.3 Å². The topological polar surface area (TPSA) is 120 Å². The maximum atomic E-state index is 12.3. The van der Waals surface area contributed by atoms with Gasteiger partial charge in [0.15, 0.2) is 11.5 Å². The van der Waals surface area contributed by atoms with Crippen LogP contribution in [0, 0.1) is 17.0 Å². The first-order valence-corrected chi connectivity index (χ1v) is 9.37. The van der Waals surface area contributed by atoms with Crippen LogP contribution in [0.2, 0.25) is 0 Å². The summed E-state index contributed by atoms with van der Waals surface area (Å²) in [6.45, 7) is 3.80. The molecule has 0 aliphatic rings. The monoisotopic (exact) mass is 393 g/mol. The summed E-state index contributed by atoms with van der Waals surface area (Å²) in [6.07, 6.45) is 1.29. The minimum Gasteiger partial charge on any atom is -0.493 e. The van der Waals surface area contributed by atoms with Crippen molar-refractivity contribution in [3.63, 3.8) is 0 Å². The number of nitrogens with zero attached hydrogens (tertiary/aromatic N) is 2. The van der Waals surface area contributed by atoms with Gasteiger partial charge in [0.2, 0.25) is 0 Å². The molecule has 0 heterocycles. The molecular formula is C17H19N3O6S. The molecule has 0 amide bonds. The Labute approximate surface area is 156 Å². The quantitative estimate of drug-likeness (QED) is 0.418. The third kappa shape index (κ3) is 4.94. The largest absolute Gasteiger partial charge is 0.493 e. The van der Waals surface area contributed by atoms with Crippen LogP contribution >= 0.6 is 0 Å². The zero-order valence-corrected chi connectivity index (χ0v) is 15.8. The van der Waals surface area contributed by atoms with Crippen molar-refractivity contribution in [1.29, 1.82) is 0 Å². The molecule has 2 aromatic carbocycles. The first kappa shape index (κ1) is 20.2. The van der Waals surface area contributed by atoms with E-state index in [1.165, 1.54) is 32.4 Å². The minimum absolute atomic E-state index is 0.248. The zero-order valence-electron chi connectivity index (χ0n) is 15.0. The molecule has 0 spiro atoms. The van der Waals surface area contributed by atoms with E-state index < -0.39 is 14.9 Å². The number of ether oxygens (including phenoxy) is 2. The molecule has 9 nitrogen and oxygen atoms in total. The molecule has 0 aromatic heterocycles. The lowest BCUT2D eigenvalue weighted by Gasteiger charge is -2.09. The molecular weight excluding hydrogens is 374 g/mol. The number of aryl methyl sites for hydroxylation is 1. The average Bonchev–Trinajstić information content (AvgIpc) is 2.62. The van der Waals surface area contributed by atoms with E-state index >= 15 is 0 Å². The van der Waals surface area contributed by atoms with Gasteiger partial charge in [0.05, 0.1) is 29.8 Å². The van der Waals surface area contributed by atoms with Crippen molar-refractivity contribution < 1.29 is 22.8 Å². The predicted octanol–water partition coefficient (Wildman–Crippen LogP) is 2.62. The minimum atomic E-state index is -4.04. The van der Waals surface area contributed by atoms with Gasteiger partial charge in [-0.1, -0.05) is 6.07 Å². The summed E-state index contributed by atoms with van der Waals surface area (Å²) in [5, 5.41) is 14.7. The Hall–Kier alpha value is -3.14. The fourth-order valence-electron chi connectivity index (χ4n) is 2.22. The van der Waals surface area contributed by atoms with E-state index in [-0.39, 0.29) is 10.6 Å². The Kier molecular flexibility index (Phi) is 6.35. The van der Waals surface area contributed by atoms with Crippen molar-refractivity contribution in [2.45, 2.75) is 18.7 Å². The highest BCUT2D eigenvalue weighted by atomic mass is 32.2. The molecule has 10 heteroatoms. The van der Waals surface area contributed by atoms with Crippen molar-refractivity contribution in [3.8, 4) is 11.5 Å². The molecule has 0 unspecified atom stereocenters. The molecule has 1 N–H and O–H groups in total. The summed E-state index contributed by atoms with van der Waals surface area (Å²) in [5.74, 6) is 1.04. The summed E-state index contributed by atoms with van der Waals surface area (Å²) < 4.78 is 35.2. The SMILES string of the molecule is CCOc1cc(/C=N/NS(=O)(=O)c2ccc(C)c([N+](=O)[O-])c2)ccc1OC. The maximum absolute atomic E-state index is 12.3. The first-order valence-electron chi connectivity index (χ1n) is 7.89. The second kappa shape index (κ2) is 8.49. The first-order chi connectivity index (χ1) is 12.8. The molecule has 0 aliphatic heterocycles. The maximum Gasteiger partial charge on any atom is 0.276 e. The number of hydrogen-bond donors (Lipinski definition) is 1. The molecule has 0 bridgehead atoms. The van der Waals surface area contributed by atoms with E-state index in [1.54, 1.807) is 18.2 Å².